The lowest BCUT2D eigenvalue weighted by atomic mass is 10.1. The van der Waals surface area contributed by atoms with E-state index in [9.17, 15) is 4.79 Å². The second-order valence-corrected chi connectivity index (χ2v) is 7.85. The first-order valence-corrected chi connectivity index (χ1v) is 10.4. The van der Waals surface area contributed by atoms with Gasteiger partial charge in [0.05, 0.1) is 13.2 Å². The van der Waals surface area contributed by atoms with Crippen LogP contribution in [-0.2, 0) is 11.3 Å². The summed E-state index contributed by atoms with van der Waals surface area (Å²) in [5.74, 6) is 0. The van der Waals surface area contributed by atoms with Crippen molar-refractivity contribution in [2.75, 3.05) is 39.4 Å². The van der Waals surface area contributed by atoms with Crippen LogP contribution in [-0.4, -0.2) is 65.3 Å². The number of aromatic amines is 1. The Morgan fingerprint density at radius 1 is 1.32 bits per heavy atom. The first kappa shape index (κ1) is 20.8. The molecule has 0 atom stereocenters. The molecule has 28 heavy (non-hydrogen) atoms. The third-order valence-electron chi connectivity index (χ3n) is 5.09. The van der Waals surface area contributed by atoms with Gasteiger partial charge in [-0.1, -0.05) is 18.2 Å². The molecule has 0 amide bonds. The molecule has 2 heterocycles. The number of para-hydroxylation sites is 1. The van der Waals surface area contributed by atoms with Gasteiger partial charge in [-0.15, -0.1) is 0 Å². The number of ether oxygens (including phenoxy) is 1. The van der Waals surface area contributed by atoms with E-state index in [1.807, 2.05) is 24.3 Å². The number of morpholine rings is 1. The summed E-state index contributed by atoms with van der Waals surface area (Å²) in [4.78, 5) is 19.5. The third-order valence-corrected chi connectivity index (χ3v) is 5.47. The minimum atomic E-state index is -0.0817. The van der Waals surface area contributed by atoms with Gasteiger partial charge in [-0.25, -0.2) is 0 Å². The molecule has 1 saturated heterocycles. The predicted molar refractivity (Wildman–Crippen MR) is 118 cm³/mol. The Labute approximate surface area is 171 Å². The van der Waals surface area contributed by atoms with E-state index in [0.29, 0.717) is 6.54 Å². The zero-order valence-electron chi connectivity index (χ0n) is 16.7. The highest BCUT2D eigenvalue weighted by atomic mass is 32.1. The number of hydrogen-bond donors (Lipinski definition) is 2. The van der Waals surface area contributed by atoms with E-state index in [4.69, 9.17) is 17.0 Å². The number of fused-ring (bicyclic) bond motifs is 1. The Balaban J connectivity index is 1.60. The molecular weight excluding hydrogens is 372 g/mol. The topological polar surface area (TPSA) is 60.6 Å². The Hall–Kier alpha value is -1.96. The molecular formula is C21H30N4O2S. The van der Waals surface area contributed by atoms with Crippen LogP contribution in [0, 0.1) is 0 Å². The molecule has 3 rings (SSSR count). The van der Waals surface area contributed by atoms with Gasteiger partial charge in [0.1, 0.15) is 0 Å². The van der Waals surface area contributed by atoms with Crippen LogP contribution in [0.5, 0.6) is 0 Å². The van der Waals surface area contributed by atoms with E-state index in [0.717, 1.165) is 67.4 Å². The maximum atomic E-state index is 12.1. The van der Waals surface area contributed by atoms with Crippen LogP contribution in [0.4, 0.5) is 0 Å². The molecule has 1 aromatic heterocycles. The van der Waals surface area contributed by atoms with Crippen molar-refractivity contribution in [3.63, 3.8) is 0 Å². The van der Waals surface area contributed by atoms with E-state index >= 15 is 0 Å². The Bertz CT molecular complexity index is 846. The molecule has 6 nitrogen and oxygen atoms in total. The lowest BCUT2D eigenvalue weighted by Crippen LogP contribution is -2.44. The smallest absolute Gasteiger partial charge is 0.248 e. The second-order valence-electron chi connectivity index (χ2n) is 7.47. The number of nitrogens with zero attached hydrogens (tertiary/aromatic N) is 2. The second kappa shape index (κ2) is 10.0. The van der Waals surface area contributed by atoms with E-state index in [-0.39, 0.29) is 11.6 Å². The van der Waals surface area contributed by atoms with E-state index in [2.05, 4.69) is 33.9 Å². The highest BCUT2D eigenvalue weighted by Crippen LogP contribution is 2.17. The lowest BCUT2D eigenvalue weighted by Gasteiger charge is -2.31. The zero-order chi connectivity index (χ0) is 19.9. The van der Waals surface area contributed by atoms with Crippen LogP contribution in [0.3, 0.4) is 0 Å². The fraction of sp³-hybridized carbons (Fsp3) is 0.524. The Morgan fingerprint density at radius 2 is 2.07 bits per heavy atom. The molecule has 0 spiro atoms. The molecule has 0 aliphatic carbocycles. The van der Waals surface area contributed by atoms with Crippen LogP contribution >= 0.6 is 12.2 Å². The molecule has 152 valence electrons. The number of aromatic nitrogens is 1. The lowest BCUT2D eigenvalue weighted by molar-refractivity contribution is 0.0375. The molecule has 2 aromatic rings. The summed E-state index contributed by atoms with van der Waals surface area (Å²) in [5, 5.41) is 5.20. The Morgan fingerprint density at radius 3 is 2.82 bits per heavy atom. The SMILES string of the molecule is CC(C)N(Cc1cc(=O)[nH]c2ccccc12)C(=S)NCCCN1CCOCC1. The molecule has 1 aliphatic rings. The highest BCUT2D eigenvalue weighted by molar-refractivity contribution is 7.80. The predicted octanol–water partition coefficient (Wildman–Crippen LogP) is 2.34. The highest BCUT2D eigenvalue weighted by Gasteiger charge is 2.16. The molecule has 1 aliphatic heterocycles. The number of benzene rings is 1. The van der Waals surface area contributed by atoms with Gasteiger partial charge in [-0.3, -0.25) is 9.69 Å². The van der Waals surface area contributed by atoms with Gasteiger partial charge < -0.3 is 19.9 Å². The normalized spacial score (nSPS) is 15.1. The van der Waals surface area contributed by atoms with Gasteiger partial charge >= 0.3 is 0 Å². The standard InChI is InChI=1S/C21H30N4O2S/c1-16(2)25(21(28)22-8-5-9-24-10-12-27-13-11-24)15-17-14-20(26)23-19-7-4-3-6-18(17)19/h3-4,6-7,14,16H,5,8-13,15H2,1-2H3,(H,22,28)(H,23,26). The summed E-state index contributed by atoms with van der Waals surface area (Å²) in [6, 6.07) is 9.81. The first-order valence-electron chi connectivity index (χ1n) is 10.00. The molecule has 0 bridgehead atoms. The van der Waals surface area contributed by atoms with Gasteiger partial charge in [0, 0.05) is 49.2 Å². The largest absolute Gasteiger partial charge is 0.379 e. The van der Waals surface area contributed by atoms with Crippen LogP contribution in [0.25, 0.3) is 10.9 Å². The maximum Gasteiger partial charge on any atom is 0.248 e. The summed E-state index contributed by atoms with van der Waals surface area (Å²) in [6.07, 6.45) is 1.04. The minimum Gasteiger partial charge on any atom is -0.379 e. The number of thiocarbonyl (C=S) groups is 1. The van der Waals surface area contributed by atoms with Gasteiger partial charge in [0.25, 0.3) is 0 Å². The van der Waals surface area contributed by atoms with Crippen molar-refractivity contribution in [1.82, 2.24) is 20.1 Å². The monoisotopic (exact) mass is 402 g/mol. The van der Waals surface area contributed by atoms with Crippen molar-refractivity contribution >= 4 is 28.2 Å². The van der Waals surface area contributed by atoms with Crippen molar-refractivity contribution in [3.8, 4) is 0 Å². The van der Waals surface area contributed by atoms with E-state index in [1.54, 1.807) is 6.07 Å². The van der Waals surface area contributed by atoms with Gasteiger partial charge in [-0.05, 0) is 50.7 Å². The average molecular weight is 403 g/mol. The van der Waals surface area contributed by atoms with Crippen LogP contribution in [0.15, 0.2) is 35.1 Å². The van der Waals surface area contributed by atoms with Crippen molar-refractivity contribution in [2.24, 2.45) is 0 Å². The molecule has 1 fully saturated rings. The fourth-order valence-corrected chi connectivity index (χ4v) is 3.88. The molecule has 0 saturated carbocycles. The number of nitrogens with one attached hydrogen (secondary N) is 2. The van der Waals surface area contributed by atoms with Crippen LogP contribution in [0.1, 0.15) is 25.8 Å². The molecule has 0 radical (unpaired) electrons. The summed E-state index contributed by atoms with van der Waals surface area (Å²) in [5.41, 5.74) is 1.77. The Kier molecular flexibility index (Phi) is 7.42. The fourth-order valence-electron chi connectivity index (χ4n) is 3.50. The third kappa shape index (κ3) is 5.53. The molecule has 2 N–H and O–H groups in total. The quantitative estimate of drug-likeness (QED) is 0.548. The number of hydrogen-bond acceptors (Lipinski definition) is 4. The van der Waals surface area contributed by atoms with Gasteiger partial charge in [0.2, 0.25) is 5.56 Å². The van der Waals surface area contributed by atoms with Gasteiger partial charge in [-0.2, -0.15) is 0 Å². The number of pyridine rings is 1. The summed E-state index contributed by atoms with van der Waals surface area (Å²) < 4.78 is 5.39. The molecule has 1 aromatic carbocycles. The van der Waals surface area contributed by atoms with E-state index in [1.165, 1.54) is 0 Å². The van der Waals surface area contributed by atoms with E-state index < -0.39 is 0 Å². The summed E-state index contributed by atoms with van der Waals surface area (Å²) in [7, 11) is 0. The van der Waals surface area contributed by atoms with Gasteiger partial charge in [0.15, 0.2) is 5.11 Å². The summed E-state index contributed by atoms with van der Waals surface area (Å²) >= 11 is 5.67. The van der Waals surface area contributed by atoms with Crippen LogP contribution < -0.4 is 10.9 Å². The number of H-pyrrole nitrogens is 1. The van der Waals surface area contributed by atoms with Crippen molar-refractivity contribution < 1.29 is 4.74 Å². The summed E-state index contributed by atoms with van der Waals surface area (Å²) in [6.45, 7) is 10.4. The molecule has 7 heteroatoms. The number of rotatable bonds is 7. The van der Waals surface area contributed by atoms with Crippen molar-refractivity contribution in [1.29, 1.82) is 0 Å². The minimum absolute atomic E-state index is 0.0817. The molecule has 0 unspecified atom stereocenters. The zero-order valence-corrected chi connectivity index (χ0v) is 17.6. The maximum absolute atomic E-state index is 12.1. The van der Waals surface area contributed by atoms with Crippen molar-refractivity contribution in [2.45, 2.75) is 32.9 Å². The first-order chi connectivity index (χ1) is 13.5. The average Bonchev–Trinajstić information content (AvgIpc) is 2.69. The van der Waals surface area contributed by atoms with Crippen LogP contribution in [0.2, 0.25) is 0 Å². The van der Waals surface area contributed by atoms with Crippen molar-refractivity contribution in [3.05, 3.63) is 46.2 Å².